The number of hydrogen-bond donors (Lipinski definition) is 1. The number of benzene rings is 1. The van der Waals surface area contributed by atoms with Crippen LogP contribution in [-0.4, -0.2) is 37.5 Å². The average Bonchev–Trinajstić information content (AvgIpc) is 2.48. The topological polar surface area (TPSA) is 32.3 Å². The molecule has 4 heteroatoms. The van der Waals surface area contributed by atoms with Crippen LogP contribution in [0.2, 0.25) is 0 Å². The summed E-state index contributed by atoms with van der Waals surface area (Å²) in [6.45, 7) is 7.17. The average molecular weight is 311 g/mol. The maximum atomic E-state index is 12.5. The van der Waals surface area contributed by atoms with Crippen molar-refractivity contribution >= 4 is 18.3 Å². The fourth-order valence-corrected chi connectivity index (χ4v) is 2.82. The van der Waals surface area contributed by atoms with Crippen LogP contribution in [0.25, 0.3) is 0 Å². The van der Waals surface area contributed by atoms with Crippen LogP contribution in [0.1, 0.15) is 48.5 Å². The molecule has 0 saturated carbocycles. The van der Waals surface area contributed by atoms with Gasteiger partial charge in [0.05, 0.1) is 0 Å². The Hall–Kier alpha value is -1.06. The normalized spacial score (nSPS) is 15.9. The molecule has 1 N–H and O–H groups in total. The molecule has 0 unspecified atom stereocenters. The summed E-state index contributed by atoms with van der Waals surface area (Å²) in [4.78, 5) is 14.5. The molecule has 1 amide bonds. The van der Waals surface area contributed by atoms with Gasteiger partial charge < -0.3 is 10.2 Å². The van der Waals surface area contributed by atoms with Crippen molar-refractivity contribution in [2.45, 2.75) is 32.6 Å². The van der Waals surface area contributed by atoms with Crippen LogP contribution in [-0.2, 0) is 0 Å². The van der Waals surface area contributed by atoms with E-state index in [-0.39, 0.29) is 18.3 Å². The van der Waals surface area contributed by atoms with Crippen LogP contribution >= 0.6 is 12.4 Å². The summed E-state index contributed by atoms with van der Waals surface area (Å²) in [6.07, 6.45) is 2.22. The van der Waals surface area contributed by atoms with E-state index in [1.165, 1.54) is 5.56 Å². The summed E-state index contributed by atoms with van der Waals surface area (Å²) in [7, 11) is 1.99. The molecule has 0 bridgehead atoms. The number of nitrogens with one attached hydrogen (secondary N) is 1. The van der Waals surface area contributed by atoms with Crippen LogP contribution in [0.4, 0.5) is 0 Å². The molecule has 1 heterocycles. The summed E-state index contributed by atoms with van der Waals surface area (Å²) in [5.74, 6) is 1.41. The van der Waals surface area contributed by atoms with Crippen molar-refractivity contribution in [3.8, 4) is 0 Å². The third kappa shape index (κ3) is 4.72. The highest BCUT2D eigenvalue weighted by atomic mass is 35.5. The van der Waals surface area contributed by atoms with E-state index in [1.54, 1.807) is 0 Å². The van der Waals surface area contributed by atoms with E-state index in [2.05, 4.69) is 31.3 Å². The summed E-state index contributed by atoms with van der Waals surface area (Å²) in [5, 5.41) is 3.23. The predicted octanol–water partition coefficient (Wildman–Crippen LogP) is 3.30. The monoisotopic (exact) mass is 310 g/mol. The van der Waals surface area contributed by atoms with Crippen molar-refractivity contribution in [1.29, 1.82) is 0 Å². The lowest BCUT2D eigenvalue weighted by Gasteiger charge is -2.32. The Morgan fingerprint density at radius 3 is 2.29 bits per heavy atom. The Morgan fingerprint density at radius 1 is 1.24 bits per heavy atom. The zero-order chi connectivity index (χ0) is 14.5. The number of carbonyl (C=O) groups is 1. The van der Waals surface area contributed by atoms with Crippen LogP contribution in [0, 0.1) is 5.92 Å². The van der Waals surface area contributed by atoms with Gasteiger partial charge in [-0.15, -0.1) is 12.4 Å². The third-order valence-corrected chi connectivity index (χ3v) is 4.22. The number of hydrogen-bond acceptors (Lipinski definition) is 2. The zero-order valence-electron chi connectivity index (χ0n) is 13.3. The second-order valence-corrected chi connectivity index (χ2v) is 6.07. The van der Waals surface area contributed by atoms with Gasteiger partial charge in [0.2, 0.25) is 0 Å². The van der Waals surface area contributed by atoms with E-state index in [1.807, 2.05) is 24.1 Å². The van der Waals surface area contributed by atoms with Gasteiger partial charge in [-0.05, 0) is 56.0 Å². The number of rotatable bonds is 4. The number of halogens is 1. The van der Waals surface area contributed by atoms with Gasteiger partial charge in [-0.1, -0.05) is 26.0 Å². The SMILES string of the molecule is CNCC1CCN(C(=O)c2ccc(C(C)C)cc2)CC1.Cl. The third-order valence-electron chi connectivity index (χ3n) is 4.22. The van der Waals surface area contributed by atoms with Crippen molar-refractivity contribution in [2.24, 2.45) is 5.92 Å². The van der Waals surface area contributed by atoms with Crippen molar-refractivity contribution in [3.05, 3.63) is 35.4 Å². The highest BCUT2D eigenvalue weighted by Gasteiger charge is 2.23. The standard InChI is InChI=1S/C17H26N2O.ClH/c1-13(2)15-4-6-16(7-5-15)17(20)19-10-8-14(9-11-19)12-18-3;/h4-7,13-14,18H,8-12H2,1-3H3;1H. The van der Waals surface area contributed by atoms with Gasteiger partial charge in [-0.25, -0.2) is 0 Å². The number of likely N-dealkylation sites (tertiary alicyclic amines) is 1. The molecule has 118 valence electrons. The molecule has 1 aromatic rings. The molecule has 1 fully saturated rings. The minimum Gasteiger partial charge on any atom is -0.339 e. The number of carbonyl (C=O) groups excluding carboxylic acids is 1. The maximum absolute atomic E-state index is 12.5. The molecular formula is C17H27ClN2O. The zero-order valence-corrected chi connectivity index (χ0v) is 14.1. The number of nitrogens with zero attached hydrogens (tertiary/aromatic N) is 1. The van der Waals surface area contributed by atoms with E-state index < -0.39 is 0 Å². The van der Waals surface area contributed by atoms with Crippen LogP contribution in [0.3, 0.4) is 0 Å². The minimum absolute atomic E-state index is 0. The van der Waals surface area contributed by atoms with Gasteiger partial charge in [0.15, 0.2) is 0 Å². The second kappa shape index (κ2) is 8.40. The number of amides is 1. The summed E-state index contributed by atoms with van der Waals surface area (Å²) in [5.41, 5.74) is 2.11. The Balaban J connectivity index is 0.00000220. The number of piperidine rings is 1. The first-order valence-corrected chi connectivity index (χ1v) is 7.65. The molecule has 21 heavy (non-hydrogen) atoms. The minimum atomic E-state index is 0. The van der Waals surface area contributed by atoms with Crippen LogP contribution in [0.15, 0.2) is 24.3 Å². The van der Waals surface area contributed by atoms with Crippen molar-refractivity contribution in [2.75, 3.05) is 26.7 Å². The fraction of sp³-hybridized carbons (Fsp3) is 0.588. The predicted molar refractivity (Wildman–Crippen MR) is 90.3 cm³/mol. The molecular weight excluding hydrogens is 284 g/mol. The fourth-order valence-electron chi connectivity index (χ4n) is 2.82. The summed E-state index contributed by atoms with van der Waals surface area (Å²) in [6, 6.07) is 8.09. The lowest BCUT2D eigenvalue weighted by Crippen LogP contribution is -2.40. The van der Waals surface area contributed by atoms with E-state index >= 15 is 0 Å². The second-order valence-electron chi connectivity index (χ2n) is 6.07. The maximum Gasteiger partial charge on any atom is 0.253 e. The van der Waals surface area contributed by atoms with Crippen molar-refractivity contribution < 1.29 is 4.79 Å². The Morgan fingerprint density at radius 2 is 1.81 bits per heavy atom. The van der Waals surface area contributed by atoms with Gasteiger partial charge in [0.1, 0.15) is 0 Å². The molecule has 1 saturated heterocycles. The molecule has 1 aliphatic rings. The van der Waals surface area contributed by atoms with Gasteiger partial charge in [-0.2, -0.15) is 0 Å². The molecule has 0 spiro atoms. The Bertz CT molecular complexity index is 437. The summed E-state index contributed by atoms with van der Waals surface area (Å²) >= 11 is 0. The lowest BCUT2D eigenvalue weighted by atomic mass is 9.96. The highest BCUT2D eigenvalue weighted by molar-refractivity contribution is 5.94. The molecule has 3 nitrogen and oxygen atoms in total. The first-order valence-electron chi connectivity index (χ1n) is 7.65. The van der Waals surface area contributed by atoms with Crippen LogP contribution < -0.4 is 5.32 Å². The Kier molecular flexibility index (Phi) is 7.20. The van der Waals surface area contributed by atoms with Gasteiger partial charge in [0, 0.05) is 18.7 Å². The molecule has 0 aromatic heterocycles. The lowest BCUT2D eigenvalue weighted by molar-refractivity contribution is 0.0691. The van der Waals surface area contributed by atoms with E-state index in [0.717, 1.165) is 38.0 Å². The van der Waals surface area contributed by atoms with E-state index in [4.69, 9.17) is 0 Å². The van der Waals surface area contributed by atoms with E-state index in [0.29, 0.717) is 11.8 Å². The molecule has 2 rings (SSSR count). The molecule has 0 radical (unpaired) electrons. The largest absolute Gasteiger partial charge is 0.339 e. The van der Waals surface area contributed by atoms with Gasteiger partial charge in [-0.3, -0.25) is 4.79 Å². The van der Waals surface area contributed by atoms with E-state index in [9.17, 15) is 4.79 Å². The summed E-state index contributed by atoms with van der Waals surface area (Å²) < 4.78 is 0. The molecule has 0 atom stereocenters. The van der Waals surface area contributed by atoms with Gasteiger partial charge in [0.25, 0.3) is 5.91 Å². The molecule has 1 aromatic carbocycles. The first kappa shape index (κ1) is 18.0. The van der Waals surface area contributed by atoms with Crippen molar-refractivity contribution in [1.82, 2.24) is 10.2 Å². The van der Waals surface area contributed by atoms with Crippen LogP contribution in [0.5, 0.6) is 0 Å². The smallest absolute Gasteiger partial charge is 0.253 e. The molecule has 1 aliphatic heterocycles. The Labute approximate surface area is 134 Å². The van der Waals surface area contributed by atoms with Gasteiger partial charge >= 0.3 is 0 Å². The molecule has 0 aliphatic carbocycles. The highest BCUT2D eigenvalue weighted by Crippen LogP contribution is 2.20. The van der Waals surface area contributed by atoms with Crippen molar-refractivity contribution in [3.63, 3.8) is 0 Å². The first-order chi connectivity index (χ1) is 9.61. The quantitative estimate of drug-likeness (QED) is 0.925.